The summed E-state index contributed by atoms with van der Waals surface area (Å²) < 4.78 is 0. The van der Waals surface area contributed by atoms with Gasteiger partial charge in [-0.3, -0.25) is 14.7 Å². The van der Waals surface area contributed by atoms with Gasteiger partial charge in [-0.25, -0.2) is 0 Å². The van der Waals surface area contributed by atoms with Gasteiger partial charge in [-0.1, -0.05) is 0 Å². The van der Waals surface area contributed by atoms with Crippen molar-refractivity contribution in [2.24, 2.45) is 0 Å². The summed E-state index contributed by atoms with van der Waals surface area (Å²) in [7, 11) is 2.26. The highest BCUT2D eigenvalue weighted by Crippen LogP contribution is 2.29. The molecule has 4 nitrogen and oxygen atoms in total. The van der Waals surface area contributed by atoms with E-state index in [0.29, 0.717) is 6.17 Å². The topological polar surface area (TPSA) is 21.8 Å². The summed E-state index contributed by atoms with van der Waals surface area (Å²) in [5, 5.41) is 3.53. The maximum absolute atomic E-state index is 3.53. The fourth-order valence-electron chi connectivity index (χ4n) is 3.67. The molecule has 0 bridgehead atoms. The highest BCUT2D eigenvalue weighted by atomic mass is 15.5. The quantitative estimate of drug-likeness (QED) is 0.788. The average Bonchev–Trinajstić information content (AvgIpc) is 2.93. The molecular weight excluding hydrogens is 224 g/mol. The molecule has 0 spiro atoms. The highest BCUT2D eigenvalue weighted by molar-refractivity contribution is 4.98. The second-order valence-electron chi connectivity index (χ2n) is 5.93. The third kappa shape index (κ3) is 2.57. The summed E-state index contributed by atoms with van der Waals surface area (Å²) in [6.07, 6.45) is 9.12. The van der Waals surface area contributed by atoms with Crippen LogP contribution < -0.4 is 5.32 Å². The Morgan fingerprint density at radius 3 is 2.56 bits per heavy atom. The first-order chi connectivity index (χ1) is 8.86. The van der Waals surface area contributed by atoms with E-state index in [1.165, 1.54) is 57.9 Å². The van der Waals surface area contributed by atoms with E-state index in [9.17, 15) is 0 Å². The number of nitrogens with zero attached hydrogens (tertiary/aromatic N) is 3. The van der Waals surface area contributed by atoms with Gasteiger partial charge >= 0.3 is 0 Å². The van der Waals surface area contributed by atoms with Crippen LogP contribution in [0.3, 0.4) is 0 Å². The first-order valence-corrected chi connectivity index (χ1v) is 7.64. The van der Waals surface area contributed by atoms with Crippen LogP contribution in [0.5, 0.6) is 0 Å². The number of rotatable bonds is 2. The maximum atomic E-state index is 3.53. The predicted molar refractivity (Wildman–Crippen MR) is 73.9 cm³/mol. The van der Waals surface area contributed by atoms with Crippen LogP contribution in [0.1, 0.15) is 32.1 Å². The molecule has 3 fully saturated rings. The zero-order valence-corrected chi connectivity index (χ0v) is 11.7. The van der Waals surface area contributed by atoms with Crippen LogP contribution >= 0.6 is 0 Å². The molecule has 1 atom stereocenters. The molecule has 0 amide bonds. The Morgan fingerprint density at radius 1 is 1.00 bits per heavy atom. The van der Waals surface area contributed by atoms with E-state index in [-0.39, 0.29) is 0 Å². The number of hydrogen-bond donors (Lipinski definition) is 1. The number of piperidine rings is 1. The van der Waals surface area contributed by atoms with E-state index in [4.69, 9.17) is 0 Å². The molecule has 0 aromatic carbocycles. The molecular formula is C14H27N4. The van der Waals surface area contributed by atoms with Crippen LogP contribution in [0, 0.1) is 6.17 Å². The first-order valence-electron chi connectivity index (χ1n) is 7.64. The Labute approximate surface area is 111 Å². The summed E-state index contributed by atoms with van der Waals surface area (Å²) in [5.74, 6) is 0. The lowest BCUT2D eigenvalue weighted by atomic mass is 10.1. The van der Waals surface area contributed by atoms with E-state index < -0.39 is 0 Å². The molecule has 0 aromatic heterocycles. The third-order valence-corrected chi connectivity index (χ3v) is 4.71. The normalized spacial score (nSPS) is 34.2. The number of piperazine rings is 1. The number of hydrogen-bond acceptors (Lipinski definition) is 4. The molecule has 18 heavy (non-hydrogen) atoms. The Morgan fingerprint density at radius 2 is 1.78 bits per heavy atom. The van der Waals surface area contributed by atoms with Crippen LogP contribution in [0.2, 0.25) is 0 Å². The van der Waals surface area contributed by atoms with Gasteiger partial charge in [-0.2, -0.15) is 0 Å². The molecule has 1 unspecified atom stereocenters. The first kappa shape index (κ1) is 12.9. The zero-order valence-electron chi connectivity index (χ0n) is 11.7. The Bertz CT molecular complexity index is 265. The van der Waals surface area contributed by atoms with Crippen molar-refractivity contribution in [3.8, 4) is 0 Å². The molecule has 3 rings (SSSR count). The molecule has 0 aromatic rings. The lowest BCUT2D eigenvalue weighted by Crippen LogP contribution is -2.59. The van der Waals surface area contributed by atoms with Crippen molar-refractivity contribution in [2.75, 3.05) is 46.3 Å². The molecule has 3 aliphatic rings. The fourth-order valence-corrected chi connectivity index (χ4v) is 3.67. The summed E-state index contributed by atoms with van der Waals surface area (Å²) in [5.41, 5.74) is 0. The smallest absolute Gasteiger partial charge is 0.122 e. The molecule has 3 aliphatic heterocycles. The van der Waals surface area contributed by atoms with Gasteiger partial charge in [-0.15, -0.1) is 0 Å². The largest absolute Gasteiger partial charge is 0.312 e. The number of nitrogens with one attached hydrogen (secondary N) is 1. The van der Waals surface area contributed by atoms with E-state index in [2.05, 4.69) is 27.1 Å². The van der Waals surface area contributed by atoms with Gasteiger partial charge in [-0.05, 0) is 52.2 Å². The van der Waals surface area contributed by atoms with E-state index in [1.54, 1.807) is 0 Å². The van der Waals surface area contributed by atoms with Crippen LogP contribution in [0.15, 0.2) is 0 Å². The molecule has 0 aliphatic carbocycles. The minimum atomic E-state index is 0.679. The van der Waals surface area contributed by atoms with Crippen molar-refractivity contribution >= 4 is 0 Å². The van der Waals surface area contributed by atoms with Crippen LogP contribution in [0.25, 0.3) is 0 Å². The standard InChI is InChI=1S/C14H27N4/c1-16-11-7-15-12-14(16)18-10-3-2-6-13(18)17-8-4-5-9-17/h13,15H,2-12H2,1H3. The van der Waals surface area contributed by atoms with E-state index >= 15 is 0 Å². The summed E-state index contributed by atoms with van der Waals surface area (Å²) >= 11 is 0. The van der Waals surface area contributed by atoms with Crippen molar-refractivity contribution in [2.45, 2.75) is 38.3 Å². The van der Waals surface area contributed by atoms with Crippen LogP contribution in [0.4, 0.5) is 0 Å². The second kappa shape index (κ2) is 5.87. The van der Waals surface area contributed by atoms with Gasteiger partial charge in [0, 0.05) is 26.2 Å². The van der Waals surface area contributed by atoms with Gasteiger partial charge in [0.1, 0.15) is 6.17 Å². The summed E-state index contributed by atoms with van der Waals surface area (Å²) in [6, 6.07) is 0. The zero-order chi connectivity index (χ0) is 12.4. The van der Waals surface area contributed by atoms with Gasteiger partial charge in [0.2, 0.25) is 0 Å². The lowest BCUT2D eigenvalue weighted by Gasteiger charge is -2.48. The predicted octanol–water partition coefficient (Wildman–Crippen LogP) is 0.919. The molecule has 103 valence electrons. The Hall–Kier alpha value is -0.160. The van der Waals surface area contributed by atoms with Crippen LogP contribution in [-0.2, 0) is 0 Å². The van der Waals surface area contributed by atoms with Crippen molar-refractivity contribution in [3.05, 3.63) is 6.17 Å². The number of likely N-dealkylation sites (N-methyl/N-ethyl adjacent to an activating group) is 1. The molecule has 3 heterocycles. The van der Waals surface area contributed by atoms with Crippen molar-refractivity contribution in [1.29, 1.82) is 0 Å². The minimum absolute atomic E-state index is 0.679. The van der Waals surface area contributed by atoms with E-state index in [1.807, 2.05) is 0 Å². The average molecular weight is 251 g/mol. The maximum Gasteiger partial charge on any atom is 0.122 e. The number of likely N-dealkylation sites (tertiary alicyclic amines) is 2. The SMILES string of the molecule is CN1CCNC[C]1N1CCCCC1N1CCCC1. The van der Waals surface area contributed by atoms with Gasteiger partial charge < -0.3 is 5.32 Å². The molecule has 1 N–H and O–H groups in total. The minimum Gasteiger partial charge on any atom is -0.312 e. The molecule has 1 radical (unpaired) electrons. The molecule has 3 saturated heterocycles. The van der Waals surface area contributed by atoms with Gasteiger partial charge in [0.25, 0.3) is 0 Å². The highest BCUT2D eigenvalue weighted by Gasteiger charge is 2.36. The van der Waals surface area contributed by atoms with E-state index in [0.717, 1.165) is 19.6 Å². The molecule has 4 heteroatoms. The fraction of sp³-hybridized carbons (Fsp3) is 0.929. The summed E-state index contributed by atoms with van der Waals surface area (Å²) in [6.45, 7) is 7.21. The second-order valence-corrected chi connectivity index (χ2v) is 5.93. The van der Waals surface area contributed by atoms with Gasteiger partial charge in [0.15, 0.2) is 0 Å². The van der Waals surface area contributed by atoms with Crippen LogP contribution in [-0.4, -0.2) is 67.2 Å². The molecule has 0 saturated carbocycles. The van der Waals surface area contributed by atoms with Crippen molar-refractivity contribution < 1.29 is 0 Å². The van der Waals surface area contributed by atoms with Gasteiger partial charge in [0.05, 0.1) is 6.17 Å². The lowest BCUT2D eigenvalue weighted by molar-refractivity contribution is -0.00755. The third-order valence-electron chi connectivity index (χ3n) is 4.71. The van der Waals surface area contributed by atoms with Crippen molar-refractivity contribution in [1.82, 2.24) is 20.0 Å². The van der Waals surface area contributed by atoms with Crippen molar-refractivity contribution in [3.63, 3.8) is 0 Å². The monoisotopic (exact) mass is 251 g/mol. The Balaban J connectivity index is 1.69. The Kier molecular flexibility index (Phi) is 4.19. The summed E-state index contributed by atoms with van der Waals surface area (Å²) in [4.78, 5) is 7.88.